The number of esters is 1. The molecule has 114 valence electrons. The molecule has 0 bridgehead atoms. The highest BCUT2D eigenvalue weighted by Gasteiger charge is 2.23. The first-order chi connectivity index (χ1) is 10.6. The summed E-state index contributed by atoms with van der Waals surface area (Å²) >= 11 is 0. The van der Waals surface area contributed by atoms with Crippen LogP contribution in [0.4, 0.5) is 0 Å². The molecular weight excluding hydrogens is 282 g/mol. The molecule has 0 fully saturated rings. The lowest BCUT2D eigenvalue weighted by Crippen LogP contribution is -2.18. The molecule has 2 aromatic heterocycles. The van der Waals surface area contributed by atoms with Gasteiger partial charge in [-0.3, -0.25) is 14.6 Å². The molecule has 0 saturated heterocycles. The number of nitrogens with zero attached hydrogens (tertiary/aromatic N) is 2. The third kappa shape index (κ3) is 2.52. The first-order valence-electron chi connectivity index (χ1n) is 7.22. The van der Waals surface area contributed by atoms with Crippen molar-refractivity contribution < 1.29 is 9.53 Å². The van der Waals surface area contributed by atoms with E-state index in [0.29, 0.717) is 11.8 Å². The number of aromatic amines is 1. The summed E-state index contributed by atoms with van der Waals surface area (Å²) in [6.07, 6.45) is 5.84. The molecule has 0 spiro atoms. The highest BCUT2D eigenvalue weighted by Crippen LogP contribution is 2.30. The normalized spacial score (nSPS) is 18.1. The summed E-state index contributed by atoms with van der Waals surface area (Å²) in [5.41, 5.74) is 2.38. The van der Waals surface area contributed by atoms with E-state index >= 15 is 0 Å². The van der Waals surface area contributed by atoms with Crippen LogP contribution in [-0.2, 0) is 9.53 Å². The van der Waals surface area contributed by atoms with E-state index in [2.05, 4.69) is 15.2 Å². The minimum atomic E-state index is -0.215. The third-order valence-corrected chi connectivity index (χ3v) is 4.14. The first-order valence-corrected chi connectivity index (χ1v) is 7.22. The Labute approximate surface area is 127 Å². The quantitative estimate of drug-likeness (QED) is 0.857. The van der Waals surface area contributed by atoms with E-state index < -0.39 is 0 Å². The van der Waals surface area contributed by atoms with Crippen molar-refractivity contribution in [3.63, 3.8) is 0 Å². The number of fused-ring (bicyclic) bond motifs is 1. The van der Waals surface area contributed by atoms with Crippen LogP contribution < -0.4 is 5.56 Å². The van der Waals surface area contributed by atoms with Crippen molar-refractivity contribution in [1.82, 2.24) is 15.2 Å². The molecule has 0 amide bonds. The van der Waals surface area contributed by atoms with Gasteiger partial charge in [-0.2, -0.15) is 5.10 Å². The molecule has 1 atom stereocenters. The van der Waals surface area contributed by atoms with Gasteiger partial charge in [0.1, 0.15) is 0 Å². The Morgan fingerprint density at radius 1 is 1.41 bits per heavy atom. The zero-order chi connectivity index (χ0) is 15.7. The number of hydrogen-bond donors (Lipinski definition) is 1. The van der Waals surface area contributed by atoms with Gasteiger partial charge in [-0.05, 0) is 37.8 Å². The Balaban J connectivity index is 1.95. The van der Waals surface area contributed by atoms with Gasteiger partial charge in [-0.25, -0.2) is 5.10 Å². The summed E-state index contributed by atoms with van der Waals surface area (Å²) < 4.78 is 4.78. The van der Waals surface area contributed by atoms with Crippen LogP contribution in [0.3, 0.4) is 0 Å². The minimum Gasteiger partial charge on any atom is -0.469 e. The fraction of sp³-hybridized carbons (Fsp3) is 0.375. The van der Waals surface area contributed by atoms with Crippen LogP contribution in [0.1, 0.15) is 30.7 Å². The van der Waals surface area contributed by atoms with E-state index in [1.165, 1.54) is 7.11 Å². The second-order valence-corrected chi connectivity index (χ2v) is 5.48. The van der Waals surface area contributed by atoms with Crippen molar-refractivity contribution in [3.8, 4) is 0 Å². The molecule has 0 saturated carbocycles. The smallest absolute Gasteiger partial charge is 0.308 e. The van der Waals surface area contributed by atoms with Crippen molar-refractivity contribution >= 4 is 22.3 Å². The van der Waals surface area contributed by atoms with Gasteiger partial charge in [0.15, 0.2) is 0 Å². The lowest BCUT2D eigenvalue weighted by Gasteiger charge is -2.19. The number of aromatic nitrogens is 3. The summed E-state index contributed by atoms with van der Waals surface area (Å²) in [4.78, 5) is 27.9. The van der Waals surface area contributed by atoms with Crippen LogP contribution >= 0.6 is 0 Å². The number of pyridine rings is 1. The molecule has 2 heterocycles. The Hall–Kier alpha value is -2.50. The van der Waals surface area contributed by atoms with E-state index in [9.17, 15) is 9.59 Å². The lowest BCUT2D eigenvalue weighted by atomic mass is 9.88. The van der Waals surface area contributed by atoms with Gasteiger partial charge in [0.2, 0.25) is 0 Å². The van der Waals surface area contributed by atoms with Crippen molar-refractivity contribution in [2.75, 3.05) is 7.11 Å². The highest BCUT2D eigenvalue weighted by molar-refractivity contribution is 5.85. The number of nitrogens with one attached hydrogen (secondary N) is 1. The number of allylic oxidation sites excluding steroid dienone is 2. The number of carbonyl (C=O) groups excluding carboxylic acids is 1. The molecule has 22 heavy (non-hydrogen) atoms. The van der Waals surface area contributed by atoms with Crippen LogP contribution in [0.15, 0.2) is 23.1 Å². The number of ether oxygens (including phenoxy) is 1. The van der Waals surface area contributed by atoms with Gasteiger partial charge in [0.05, 0.1) is 29.8 Å². The Bertz CT molecular complexity index is 823. The van der Waals surface area contributed by atoms with Gasteiger partial charge in [0, 0.05) is 11.6 Å². The van der Waals surface area contributed by atoms with Crippen molar-refractivity contribution in [3.05, 3.63) is 40.1 Å². The second-order valence-electron chi connectivity index (χ2n) is 5.48. The predicted octanol–water partition coefficient (Wildman–Crippen LogP) is 1.98. The fourth-order valence-corrected chi connectivity index (χ4v) is 2.81. The molecule has 6 heteroatoms. The maximum absolute atomic E-state index is 11.9. The summed E-state index contributed by atoms with van der Waals surface area (Å²) in [6.45, 7) is 1.83. The highest BCUT2D eigenvalue weighted by atomic mass is 16.5. The zero-order valence-corrected chi connectivity index (χ0v) is 12.5. The van der Waals surface area contributed by atoms with Crippen LogP contribution in [0.25, 0.3) is 16.3 Å². The van der Waals surface area contributed by atoms with Crippen LogP contribution in [0, 0.1) is 12.8 Å². The number of carbonyl (C=O) groups is 1. The van der Waals surface area contributed by atoms with Crippen molar-refractivity contribution in [2.24, 2.45) is 5.92 Å². The van der Waals surface area contributed by atoms with Gasteiger partial charge in [-0.15, -0.1) is 0 Å². The minimum absolute atomic E-state index is 0.0796. The summed E-state index contributed by atoms with van der Waals surface area (Å²) in [5, 5.41) is 7.78. The molecule has 3 rings (SSSR count). The Kier molecular flexibility index (Phi) is 3.75. The predicted molar refractivity (Wildman–Crippen MR) is 82.2 cm³/mol. The summed E-state index contributed by atoms with van der Waals surface area (Å²) in [6, 6.07) is 1.80. The van der Waals surface area contributed by atoms with Crippen LogP contribution in [-0.4, -0.2) is 28.3 Å². The zero-order valence-electron chi connectivity index (χ0n) is 12.5. The van der Waals surface area contributed by atoms with Crippen LogP contribution in [0.5, 0.6) is 0 Å². The third-order valence-electron chi connectivity index (χ3n) is 4.14. The average Bonchev–Trinajstić information content (AvgIpc) is 2.57. The Morgan fingerprint density at radius 2 is 2.23 bits per heavy atom. The number of methoxy groups -OCH3 is 1. The molecule has 0 aromatic carbocycles. The maximum Gasteiger partial charge on any atom is 0.308 e. The Morgan fingerprint density at radius 3 is 2.91 bits per heavy atom. The number of rotatable bonds is 2. The summed E-state index contributed by atoms with van der Waals surface area (Å²) in [7, 11) is 1.41. The number of H-pyrrole nitrogens is 1. The number of hydrogen-bond acceptors (Lipinski definition) is 5. The second kappa shape index (κ2) is 5.71. The molecule has 0 aliphatic heterocycles. The summed E-state index contributed by atoms with van der Waals surface area (Å²) in [5.74, 6) is -0.246. The molecule has 1 aliphatic carbocycles. The maximum atomic E-state index is 11.9. The SMILES string of the molecule is COC(=O)C1CC=C(c2cc3c(=O)[nH]nc(C)c3cn2)CC1. The van der Waals surface area contributed by atoms with Gasteiger partial charge in [-0.1, -0.05) is 6.08 Å². The molecular formula is C16H17N3O3. The van der Waals surface area contributed by atoms with E-state index in [1.54, 1.807) is 12.3 Å². The van der Waals surface area contributed by atoms with E-state index in [-0.39, 0.29) is 17.4 Å². The van der Waals surface area contributed by atoms with E-state index in [1.807, 2.05) is 13.0 Å². The molecule has 1 aliphatic rings. The van der Waals surface area contributed by atoms with Crippen LogP contribution in [0.2, 0.25) is 0 Å². The first kappa shape index (κ1) is 14.4. The van der Waals surface area contributed by atoms with E-state index in [0.717, 1.165) is 35.2 Å². The molecule has 1 unspecified atom stereocenters. The largest absolute Gasteiger partial charge is 0.469 e. The monoisotopic (exact) mass is 299 g/mol. The molecule has 2 aromatic rings. The van der Waals surface area contributed by atoms with Gasteiger partial charge in [0.25, 0.3) is 5.56 Å². The topological polar surface area (TPSA) is 84.9 Å². The molecule has 1 N–H and O–H groups in total. The molecule has 6 nitrogen and oxygen atoms in total. The molecule has 0 radical (unpaired) electrons. The van der Waals surface area contributed by atoms with Gasteiger partial charge < -0.3 is 4.74 Å². The van der Waals surface area contributed by atoms with Gasteiger partial charge >= 0.3 is 5.97 Å². The fourth-order valence-electron chi connectivity index (χ4n) is 2.81. The average molecular weight is 299 g/mol. The van der Waals surface area contributed by atoms with Crippen molar-refractivity contribution in [2.45, 2.75) is 26.2 Å². The van der Waals surface area contributed by atoms with E-state index in [4.69, 9.17) is 4.74 Å². The standard InChI is InChI=1S/C16H17N3O3/c1-9-13-8-17-14(7-12(13)15(20)19-18-9)10-3-5-11(6-4-10)16(21)22-2/h3,7-8,11H,4-6H2,1-2H3,(H,19,20). The van der Waals surface area contributed by atoms with Crippen molar-refractivity contribution in [1.29, 1.82) is 0 Å². The number of aryl methyl sites for hydroxylation is 1. The lowest BCUT2D eigenvalue weighted by molar-refractivity contribution is -0.145.